The van der Waals surface area contributed by atoms with Crippen molar-refractivity contribution in [3.63, 3.8) is 0 Å². The molecule has 1 spiro atoms. The molecule has 2 aromatic rings. The monoisotopic (exact) mass is 590 g/mol. The lowest BCUT2D eigenvalue weighted by Crippen LogP contribution is -2.55. The van der Waals surface area contributed by atoms with E-state index in [2.05, 4.69) is 15.5 Å². The number of nitrogens with zero attached hydrogens (tertiary/aromatic N) is 2. The number of halogens is 1. The fourth-order valence-corrected chi connectivity index (χ4v) is 5.67. The van der Waals surface area contributed by atoms with Crippen LogP contribution in [0.3, 0.4) is 0 Å². The van der Waals surface area contributed by atoms with Crippen LogP contribution in [0, 0.1) is 5.41 Å². The molecule has 2 aliphatic heterocycles. The van der Waals surface area contributed by atoms with Crippen LogP contribution < -0.4 is 10.6 Å². The molecule has 4 amide bonds. The van der Waals surface area contributed by atoms with Crippen molar-refractivity contribution in [2.45, 2.75) is 63.1 Å². The molecule has 11 heteroatoms. The highest BCUT2D eigenvalue weighted by Gasteiger charge is 2.52. The van der Waals surface area contributed by atoms with Crippen molar-refractivity contribution >= 4 is 40.1 Å². The Morgan fingerprint density at radius 2 is 1.62 bits per heavy atom. The van der Waals surface area contributed by atoms with E-state index in [0.29, 0.717) is 31.5 Å². The Kier molecular flexibility index (Phi) is 9.70. The number of piperidine rings is 1. The number of urea groups is 1. The predicted octanol–water partition coefficient (Wildman–Crippen LogP) is 3.69. The van der Waals surface area contributed by atoms with Gasteiger partial charge < -0.3 is 15.5 Å². The highest BCUT2D eigenvalue weighted by molar-refractivity contribution is 7.90. The number of amides is 4. The third-order valence-corrected chi connectivity index (χ3v) is 8.70. The molecule has 218 valence electrons. The molecular weight excluding hydrogens is 552 g/mol. The second-order valence-electron chi connectivity index (χ2n) is 11.6. The van der Waals surface area contributed by atoms with E-state index in [-0.39, 0.29) is 41.7 Å². The van der Waals surface area contributed by atoms with Crippen LogP contribution in [-0.2, 0) is 26.0 Å². The Morgan fingerprint density at radius 3 is 2.17 bits per heavy atom. The summed E-state index contributed by atoms with van der Waals surface area (Å²) in [6, 6.07) is 15.6. The Morgan fingerprint density at radius 1 is 1.02 bits per heavy atom. The van der Waals surface area contributed by atoms with Gasteiger partial charge in [-0.3, -0.25) is 14.5 Å². The van der Waals surface area contributed by atoms with Crippen LogP contribution >= 0.6 is 12.4 Å². The Bertz CT molecular complexity index is 1320. The molecule has 2 fully saturated rings. The first kappa shape index (κ1) is 31.6. The van der Waals surface area contributed by atoms with E-state index >= 15 is 0 Å². The molecule has 40 heavy (non-hydrogen) atoms. The van der Waals surface area contributed by atoms with Crippen molar-refractivity contribution in [3.05, 3.63) is 65.7 Å². The summed E-state index contributed by atoms with van der Waals surface area (Å²) in [5.41, 5.74) is 0.332. The second kappa shape index (κ2) is 12.3. The lowest BCUT2D eigenvalue weighted by molar-refractivity contribution is -0.133. The van der Waals surface area contributed by atoms with Gasteiger partial charge in [-0.15, -0.1) is 12.4 Å². The third-order valence-electron chi connectivity index (χ3n) is 7.57. The first-order valence-electron chi connectivity index (χ1n) is 13.3. The largest absolute Gasteiger partial charge is 0.349 e. The number of carbonyl (C=O) groups is 3. The summed E-state index contributed by atoms with van der Waals surface area (Å²) in [4.78, 5) is 42.6. The van der Waals surface area contributed by atoms with Gasteiger partial charge in [0.2, 0.25) is 5.91 Å². The van der Waals surface area contributed by atoms with E-state index < -0.39 is 26.8 Å². The molecule has 2 aromatic carbocycles. The molecular formula is C29H39ClN4O5S. The zero-order valence-corrected chi connectivity index (χ0v) is 25.1. The molecule has 2 heterocycles. The van der Waals surface area contributed by atoms with Gasteiger partial charge >= 0.3 is 6.03 Å². The molecule has 0 bridgehead atoms. The van der Waals surface area contributed by atoms with Crippen LogP contribution in [-0.4, -0.2) is 67.5 Å². The summed E-state index contributed by atoms with van der Waals surface area (Å²) >= 11 is 0. The molecule has 0 aliphatic carbocycles. The minimum Gasteiger partial charge on any atom is -0.349 e. The summed E-state index contributed by atoms with van der Waals surface area (Å²) in [6.07, 6.45) is 2.88. The van der Waals surface area contributed by atoms with Crippen LogP contribution in [0.5, 0.6) is 0 Å². The first-order valence-corrected chi connectivity index (χ1v) is 15.2. The average Bonchev–Trinajstić information content (AvgIpc) is 3.11. The van der Waals surface area contributed by atoms with Crippen molar-refractivity contribution in [1.29, 1.82) is 0 Å². The van der Waals surface area contributed by atoms with Gasteiger partial charge in [-0.05, 0) is 42.5 Å². The molecule has 0 unspecified atom stereocenters. The lowest BCUT2D eigenvalue weighted by Gasteiger charge is -2.38. The summed E-state index contributed by atoms with van der Waals surface area (Å²) in [7, 11) is -3.32. The molecule has 2 N–H and O–H groups in total. The third kappa shape index (κ3) is 7.21. The molecule has 0 aromatic heterocycles. The molecule has 2 aliphatic rings. The molecule has 0 saturated carbocycles. The van der Waals surface area contributed by atoms with Gasteiger partial charge in [-0.2, -0.15) is 0 Å². The SMILES string of the molecule is CC(C)(C)C(=O)N[C@@H](CCN1CCC2(CC1)NC(=O)N(Cc1ccc(S(C)(=O)=O)cc1)C2=O)c1ccccc1.Cl. The quantitative estimate of drug-likeness (QED) is 0.453. The van der Waals surface area contributed by atoms with Gasteiger partial charge in [-0.25, -0.2) is 13.2 Å². The van der Waals surface area contributed by atoms with E-state index in [1.807, 2.05) is 51.1 Å². The predicted molar refractivity (Wildman–Crippen MR) is 156 cm³/mol. The second-order valence-corrected chi connectivity index (χ2v) is 13.7. The van der Waals surface area contributed by atoms with Gasteiger partial charge in [0.1, 0.15) is 5.54 Å². The summed E-state index contributed by atoms with van der Waals surface area (Å²) in [5, 5.41) is 6.13. The van der Waals surface area contributed by atoms with Gasteiger partial charge in [0.05, 0.1) is 17.5 Å². The Hall–Kier alpha value is -2.95. The zero-order chi connectivity index (χ0) is 28.4. The van der Waals surface area contributed by atoms with Crippen molar-refractivity contribution in [2.75, 3.05) is 25.9 Å². The minimum atomic E-state index is -3.32. The average molecular weight is 591 g/mol. The Balaban J connectivity index is 0.00000441. The van der Waals surface area contributed by atoms with Crippen molar-refractivity contribution < 1.29 is 22.8 Å². The zero-order valence-electron chi connectivity index (χ0n) is 23.5. The Labute approximate surface area is 243 Å². The maximum Gasteiger partial charge on any atom is 0.325 e. The van der Waals surface area contributed by atoms with Crippen LogP contribution in [0.15, 0.2) is 59.5 Å². The highest BCUT2D eigenvalue weighted by Crippen LogP contribution is 2.31. The molecule has 2 saturated heterocycles. The topological polar surface area (TPSA) is 116 Å². The van der Waals surface area contributed by atoms with Gasteiger partial charge in [0.25, 0.3) is 5.91 Å². The van der Waals surface area contributed by atoms with Crippen LogP contribution in [0.25, 0.3) is 0 Å². The fraction of sp³-hybridized carbons (Fsp3) is 0.483. The fourth-order valence-electron chi connectivity index (χ4n) is 5.04. The number of rotatable bonds is 8. The number of hydrogen-bond acceptors (Lipinski definition) is 6. The number of likely N-dealkylation sites (tertiary alicyclic amines) is 1. The van der Waals surface area contributed by atoms with Crippen LogP contribution in [0.1, 0.15) is 57.2 Å². The highest BCUT2D eigenvalue weighted by atomic mass is 35.5. The number of sulfone groups is 1. The van der Waals surface area contributed by atoms with Gasteiger partial charge in [0, 0.05) is 31.3 Å². The van der Waals surface area contributed by atoms with E-state index in [1.54, 1.807) is 12.1 Å². The van der Waals surface area contributed by atoms with Crippen molar-refractivity contribution in [1.82, 2.24) is 20.4 Å². The minimum absolute atomic E-state index is 0. The van der Waals surface area contributed by atoms with Crippen molar-refractivity contribution in [3.8, 4) is 0 Å². The first-order chi connectivity index (χ1) is 18.3. The lowest BCUT2D eigenvalue weighted by atomic mass is 9.87. The number of nitrogens with one attached hydrogen (secondary N) is 2. The summed E-state index contributed by atoms with van der Waals surface area (Å²) in [6.45, 7) is 7.83. The van der Waals surface area contributed by atoms with E-state index in [4.69, 9.17) is 0 Å². The molecule has 1 atom stereocenters. The maximum absolute atomic E-state index is 13.4. The number of benzene rings is 2. The summed E-state index contributed by atoms with van der Waals surface area (Å²) in [5.74, 6) is -0.238. The number of carbonyl (C=O) groups excluding carboxylic acids is 3. The smallest absolute Gasteiger partial charge is 0.325 e. The van der Waals surface area contributed by atoms with E-state index in [9.17, 15) is 22.8 Å². The van der Waals surface area contributed by atoms with Gasteiger partial charge in [-0.1, -0.05) is 63.2 Å². The molecule has 9 nitrogen and oxygen atoms in total. The number of hydrogen-bond donors (Lipinski definition) is 2. The van der Waals surface area contributed by atoms with E-state index in [0.717, 1.165) is 24.8 Å². The maximum atomic E-state index is 13.4. The summed E-state index contributed by atoms with van der Waals surface area (Å²) < 4.78 is 23.4. The molecule has 4 rings (SSSR count). The normalized spacial score (nSPS) is 18.2. The van der Waals surface area contributed by atoms with Crippen LogP contribution in [0.4, 0.5) is 4.79 Å². The molecule has 0 radical (unpaired) electrons. The van der Waals surface area contributed by atoms with E-state index in [1.165, 1.54) is 17.0 Å². The number of imide groups is 1. The standard InChI is InChI=1S/C29H38N4O5S.ClH/c1-28(2,3)25(34)30-24(22-8-6-5-7-9-22)14-17-32-18-15-29(16-19-32)26(35)33(27(36)31-29)20-21-10-12-23(13-11-21)39(4,37)38;/h5-13,24H,14-20H2,1-4H3,(H,30,34)(H,31,36);1H/t24-;/m0./s1. The van der Waals surface area contributed by atoms with Crippen molar-refractivity contribution in [2.24, 2.45) is 5.41 Å². The van der Waals surface area contributed by atoms with Gasteiger partial charge in [0.15, 0.2) is 9.84 Å². The van der Waals surface area contributed by atoms with Crippen LogP contribution in [0.2, 0.25) is 0 Å².